The van der Waals surface area contributed by atoms with Crippen molar-refractivity contribution in [3.8, 4) is 0 Å². The maximum absolute atomic E-state index is 10.1. The molecule has 0 aliphatic heterocycles. The van der Waals surface area contributed by atoms with Crippen molar-refractivity contribution in [3.05, 3.63) is 6.07 Å². The number of nitrogens with one attached hydrogen (secondary N) is 2. The second kappa shape index (κ2) is 6.39. The number of anilines is 3. The minimum atomic E-state index is -0.743. The number of hydrogen-bond acceptors (Lipinski definition) is 6. The molecule has 0 saturated heterocycles. The lowest BCUT2D eigenvalue weighted by atomic mass is 10.0. The van der Waals surface area contributed by atoms with Crippen LogP contribution in [-0.2, 0) is 0 Å². The average molecular weight is 253 g/mol. The van der Waals surface area contributed by atoms with Gasteiger partial charge in [-0.2, -0.15) is 9.97 Å². The van der Waals surface area contributed by atoms with Gasteiger partial charge in [-0.3, -0.25) is 0 Å². The Morgan fingerprint density at radius 3 is 2.44 bits per heavy atom. The fourth-order valence-corrected chi connectivity index (χ4v) is 1.74. The van der Waals surface area contributed by atoms with Crippen LogP contribution >= 0.6 is 0 Å². The van der Waals surface area contributed by atoms with E-state index in [1.54, 1.807) is 13.0 Å². The van der Waals surface area contributed by atoms with Gasteiger partial charge in [0, 0.05) is 19.2 Å². The molecule has 1 heterocycles. The van der Waals surface area contributed by atoms with Gasteiger partial charge in [0.1, 0.15) is 11.6 Å². The highest BCUT2D eigenvalue weighted by atomic mass is 16.3. The zero-order chi connectivity index (χ0) is 13.6. The van der Waals surface area contributed by atoms with Crippen LogP contribution in [0.2, 0.25) is 0 Å². The van der Waals surface area contributed by atoms with Crippen LogP contribution in [0.5, 0.6) is 0 Å². The molecule has 6 heteroatoms. The van der Waals surface area contributed by atoms with Crippen molar-refractivity contribution < 1.29 is 5.11 Å². The van der Waals surface area contributed by atoms with E-state index in [4.69, 9.17) is 5.73 Å². The normalized spacial score (nSPS) is 14.0. The monoisotopic (exact) mass is 253 g/mol. The lowest BCUT2D eigenvalue weighted by Crippen LogP contribution is -2.33. The van der Waals surface area contributed by atoms with Crippen molar-refractivity contribution >= 4 is 17.6 Å². The summed E-state index contributed by atoms with van der Waals surface area (Å²) in [5.74, 6) is 1.52. The van der Waals surface area contributed by atoms with E-state index in [0.29, 0.717) is 18.2 Å². The Morgan fingerprint density at radius 2 is 1.89 bits per heavy atom. The number of nitrogen functional groups attached to an aromatic ring is 1. The van der Waals surface area contributed by atoms with Crippen molar-refractivity contribution in [2.75, 3.05) is 29.5 Å². The molecule has 0 fully saturated rings. The van der Waals surface area contributed by atoms with E-state index in [9.17, 15) is 5.11 Å². The summed E-state index contributed by atoms with van der Waals surface area (Å²) in [4.78, 5) is 8.14. The van der Waals surface area contributed by atoms with Crippen molar-refractivity contribution in [2.24, 2.45) is 0 Å². The molecule has 1 unspecified atom stereocenters. The summed E-state index contributed by atoms with van der Waals surface area (Å²) >= 11 is 0. The molecule has 5 N–H and O–H groups in total. The minimum Gasteiger partial charge on any atom is -0.388 e. The molecule has 102 valence electrons. The predicted octanol–water partition coefficient (Wildman–Crippen LogP) is 1.45. The zero-order valence-electron chi connectivity index (χ0n) is 11.3. The number of hydrogen-bond donors (Lipinski definition) is 4. The van der Waals surface area contributed by atoms with Crippen molar-refractivity contribution in [1.29, 1.82) is 0 Å². The van der Waals surface area contributed by atoms with Gasteiger partial charge in [-0.05, 0) is 20.3 Å². The Balaban J connectivity index is 2.66. The van der Waals surface area contributed by atoms with Crippen LogP contribution in [-0.4, -0.2) is 33.8 Å². The third kappa shape index (κ3) is 4.75. The molecule has 0 bridgehead atoms. The molecule has 0 amide bonds. The Kier molecular flexibility index (Phi) is 5.15. The highest BCUT2D eigenvalue weighted by Crippen LogP contribution is 2.16. The first-order valence-electron chi connectivity index (χ1n) is 6.31. The van der Waals surface area contributed by atoms with Gasteiger partial charge in [0.15, 0.2) is 0 Å². The SMILES string of the molecule is CCCC(C)(O)CNc1cc(NCC)nc(N)n1. The molecule has 6 nitrogen and oxygen atoms in total. The summed E-state index contributed by atoms with van der Waals surface area (Å²) in [6.45, 7) is 7.03. The molecular formula is C12H23N5O. The molecule has 0 aliphatic rings. The van der Waals surface area contributed by atoms with E-state index in [1.807, 2.05) is 13.8 Å². The first kappa shape index (κ1) is 14.5. The lowest BCUT2D eigenvalue weighted by Gasteiger charge is -2.23. The van der Waals surface area contributed by atoms with Gasteiger partial charge < -0.3 is 21.5 Å². The molecule has 1 aromatic rings. The van der Waals surface area contributed by atoms with Crippen molar-refractivity contribution in [3.63, 3.8) is 0 Å². The van der Waals surface area contributed by atoms with Crippen LogP contribution in [0.15, 0.2) is 6.07 Å². The van der Waals surface area contributed by atoms with Crippen LogP contribution in [0.25, 0.3) is 0 Å². The molecule has 0 saturated carbocycles. The summed E-state index contributed by atoms with van der Waals surface area (Å²) < 4.78 is 0. The van der Waals surface area contributed by atoms with Gasteiger partial charge in [0.05, 0.1) is 5.60 Å². The molecule has 1 rings (SSSR count). The summed E-state index contributed by atoms with van der Waals surface area (Å²) in [5, 5.41) is 16.2. The summed E-state index contributed by atoms with van der Waals surface area (Å²) in [5.41, 5.74) is 4.88. The van der Waals surface area contributed by atoms with Crippen LogP contribution in [0.3, 0.4) is 0 Å². The Bertz CT molecular complexity index is 381. The third-order valence-corrected chi connectivity index (χ3v) is 2.54. The molecule has 1 aromatic heterocycles. The first-order valence-corrected chi connectivity index (χ1v) is 6.31. The number of aliphatic hydroxyl groups is 1. The van der Waals surface area contributed by atoms with Gasteiger partial charge in [0.2, 0.25) is 5.95 Å². The number of aromatic nitrogens is 2. The number of rotatable bonds is 7. The van der Waals surface area contributed by atoms with Gasteiger partial charge in [-0.15, -0.1) is 0 Å². The minimum absolute atomic E-state index is 0.214. The highest BCUT2D eigenvalue weighted by Gasteiger charge is 2.18. The quantitative estimate of drug-likeness (QED) is 0.587. The second-order valence-corrected chi connectivity index (χ2v) is 4.63. The predicted molar refractivity (Wildman–Crippen MR) is 74.6 cm³/mol. The molecular weight excluding hydrogens is 230 g/mol. The lowest BCUT2D eigenvalue weighted by molar-refractivity contribution is 0.0636. The van der Waals surface area contributed by atoms with Crippen LogP contribution in [0.4, 0.5) is 17.6 Å². The van der Waals surface area contributed by atoms with E-state index in [0.717, 1.165) is 19.4 Å². The number of nitrogens with two attached hydrogens (primary N) is 1. The highest BCUT2D eigenvalue weighted by molar-refractivity contribution is 5.51. The Labute approximate surface area is 108 Å². The van der Waals surface area contributed by atoms with Gasteiger partial charge >= 0.3 is 0 Å². The standard InChI is InChI=1S/C12H23N5O/c1-4-6-12(3,18)8-15-10-7-9(14-5-2)16-11(13)17-10/h7,18H,4-6,8H2,1-3H3,(H4,13,14,15,16,17). The molecule has 0 aromatic carbocycles. The van der Waals surface area contributed by atoms with E-state index in [-0.39, 0.29) is 5.95 Å². The van der Waals surface area contributed by atoms with Gasteiger partial charge in [-0.1, -0.05) is 13.3 Å². The molecule has 0 spiro atoms. The second-order valence-electron chi connectivity index (χ2n) is 4.63. The van der Waals surface area contributed by atoms with Crippen LogP contribution in [0.1, 0.15) is 33.6 Å². The average Bonchev–Trinajstić information content (AvgIpc) is 2.26. The Morgan fingerprint density at radius 1 is 1.28 bits per heavy atom. The van der Waals surface area contributed by atoms with E-state index < -0.39 is 5.60 Å². The van der Waals surface area contributed by atoms with E-state index in [1.165, 1.54) is 0 Å². The van der Waals surface area contributed by atoms with Crippen molar-refractivity contribution in [1.82, 2.24) is 9.97 Å². The van der Waals surface area contributed by atoms with Gasteiger partial charge in [0.25, 0.3) is 0 Å². The van der Waals surface area contributed by atoms with E-state index in [2.05, 4.69) is 20.6 Å². The topological polar surface area (TPSA) is 96.1 Å². The molecule has 0 aliphatic carbocycles. The first-order chi connectivity index (χ1) is 8.46. The maximum Gasteiger partial charge on any atom is 0.223 e. The summed E-state index contributed by atoms with van der Waals surface area (Å²) in [6, 6.07) is 1.78. The molecule has 18 heavy (non-hydrogen) atoms. The maximum atomic E-state index is 10.1. The summed E-state index contributed by atoms with van der Waals surface area (Å²) in [6.07, 6.45) is 1.67. The molecule has 0 radical (unpaired) electrons. The van der Waals surface area contributed by atoms with E-state index >= 15 is 0 Å². The number of nitrogens with zero attached hydrogens (tertiary/aromatic N) is 2. The third-order valence-electron chi connectivity index (χ3n) is 2.54. The van der Waals surface area contributed by atoms with Crippen molar-refractivity contribution in [2.45, 2.75) is 39.2 Å². The smallest absolute Gasteiger partial charge is 0.223 e. The van der Waals surface area contributed by atoms with Crippen LogP contribution < -0.4 is 16.4 Å². The fraction of sp³-hybridized carbons (Fsp3) is 0.667. The molecule has 1 atom stereocenters. The fourth-order valence-electron chi connectivity index (χ4n) is 1.74. The van der Waals surface area contributed by atoms with Crippen LogP contribution in [0, 0.1) is 0 Å². The zero-order valence-corrected chi connectivity index (χ0v) is 11.3. The largest absolute Gasteiger partial charge is 0.388 e. The summed E-state index contributed by atoms with van der Waals surface area (Å²) in [7, 11) is 0. The van der Waals surface area contributed by atoms with Gasteiger partial charge in [-0.25, -0.2) is 0 Å². The Hall–Kier alpha value is -1.56.